The molecule has 0 saturated carbocycles. The average Bonchev–Trinajstić information content (AvgIpc) is 1.74. The third-order valence-corrected chi connectivity index (χ3v) is 12.2. The molecule has 0 spiro atoms. The normalized spacial score (nSPS) is 12.6. The van der Waals surface area contributed by atoms with Gasteiger partial charge in [-0.05, 0) is 50.6 Å². The van der Waals surface area contributed by atoms with Crippen molar-refractivity contribution >= 4 is 29.7 Å². The number of fused-ring (bicyclic) bond motifs is 1. The first-order valence-corrected chi connectivity index (χ1v) is 30.6. The third kappa shape index (κ3) is 37.5. The van der Waals surface area contributed by atoms with Gasteiger partial charge in [0.25, 0.3) is 11.8 Å². The lowest BCUT2D eigenvalue weighted by molar-refractivity contribution is -0.129. The van der Waals surface area contributed by atoms with Crippen LogP contribution in [0.15, 0.2) is 54.7 Å². The summed E-state index contributed by atoms with van der Waals surface area (Å²) >= 11 is 0. The van der Waals surface area contributed by atoms with Crippen molar-refractivity contribution in [1.82, 2.24) is 35.8 Å². The van der Waals surface area contributed by atoms with Crippen LogP contribution in [-0.2, 0) is 105 Å². The maximum Gasteiger partial charge on any atom is 0.407 e. The first-order chi connectivity index (χ1) is 43.9. The molecular weight excluding hydrogens is 1180 g/mol. The van der Waals surface area contributed by atoms with Crippen LogP contribution in [0.1, 0.15) is 59.2 Å². The minimum atomic E-state index is -0.906. The van der Waals surface area contributed by atoms with Crippen molar-refractivity contribution in [2.45, 2.75) is 58.4 Å². The van der Waals surface area contributed by atoms with Gasteiger partial charge in [0, 0.05) is 33.0 Å². The molecule has 0 aliphatic carbocycles. The highest BCUT2D eigenvalue weighted by atomic mass is 16.6. The van der Waals surface area contributed by atoms with Crippen LogP contribution in [0.4, 0.5) is 4.79 Å². The van der Waals surface area contributed by atoms with Gasteiger partial charge in [-0.3, -0.25) is 28.8 Å². The highest BCUT2D eigenvalue weighted by Gasteiger charge is 2.34. The molecule has 0 bridgehead atoms. The molecule has 0 fully saturated rings. The number of rotatable bonds is 58. The van der Waals surface area contributed by atoms with Crippen molar-refractivity contribution in [1.29, 1.82) is 0 Å². The van der Waals surface area contributed by atoms with Gasteiger partial charge in [-0.2, -0.15) is 0 Å². The van der Waals surface area contributed by atoms with Gasteiger partial charge >= 0.3 is 6.09 Å². The van der Waals surface area contributed by atoms with Crippen molar-refractivity contribution in [3.63, 3.8) is 0 Å². The smallest absolute Gasteiger partial charge is 0.407 e. The first-order valence-electron chi connectivity index (χ1n) is 30.6. The lowest BCUT2D eigenvalue weighted by atomic mass is 10.0. The summed E-state index contributed by atoms with van der Waals surface area (Å²) in [5.41, 5.74) is 1.57. The summed E-state index contributed by atoms with van der Waals surface area (Å²) in [6.07, 6.45) is 1.41. The molecule has 4 rings (SSSR count). The van der Waals surface area contributed by atoms with Gasteiger partial charge in [0.1, 0.15) is 29.7 Å². The van der Waals surface area contributed by atoms with E-state index in [1.807, 2.05) is 12.1 Å². The lowest BCUT2D eigenvalue weighted by Crippen LogP contribution is -2.48. The minimum Gasteiger partial charge on any atom is -0.487 e. The maximum atomic E-state index is 13.5. The summed E-state index contributed by atoms with van der Waals surface area (Å²) in [6, 6.07) is 13.0. The van der Waals surface area contributed by atoms with Crippen LogP contribution in [0.5, 0.6) is 5.75 Å². The van der Waals surface area contributed by atoms with Gasteiger partial charge in [0.15, 0.2) is 0 Å². The second kappa shape index (κ2) is 49.8. The van der Waals surface area contributed by atoms with E-state index in [4.69, 9.17) is 80.5 Å². The van der Waals surface area contributed by atoms with Crippen molar-refractivity contribution in [3.05, 3.63) is 77.1 Å². The van der Waals surface area contributed by atoms with Gasteiger partial charge in [-0.25, -0.2) is 4.79 Å². The Morgan fingerprint density at radius 1 is 0.500 bits per heavy atom. The summed E-state index contributed by atoms with van der Waals surface area (Å²) in [5.74, 6) is -0.836. The number of imide groups is 1. The highest BCUT2D eigenvalue weighted by Crippen LogP contribution is 2.22. The number of hydrogen-bond donors (Lipinski definition) is 3. The Morgan fingerprint density at radius 2 is 0.922 bits per heavy atom. The molecule has 2 heterocycles. The van der Waals surface area contributed by atoms with Gasteiger partial charge in [0.2, 0.25) is 11.8 Å². The second-order valence-electron chi connectivity index (χ2n) is 20.6. The number of methoxy groups -OCH3 is 1. The summed E-state index contributed by atoms with van der Waals surface area (Å²) in [6.45, 7) is 18.0. The number of nitrogens with zero attached hydrogens (tertiary/aromatic N) is 4. The summed E-state index contributed by atoms with van der Waals surface area (Å²) in [5, 5.41) is 16.6. The van der Waals surface area contributed by atoms with Crippen LogP contribution in [0.2, 0.25) is 0 Å². The Kier molecular flexibility index (Phi) is 42.4. The number of nitrogens with one attached hydrogen (secondary N) is 3. The molecule has 3 N–H and O–H groups in total. The fourth-order valence-corrected chi connectivity index (χ4v) is 7.81. The van der Waals surface area contributed by atoms with E-state index >= 15 is 0 Å². The molecule has 0 saturated heterocycles. The van der Waals surface area contributed by atoms with Crippen LogP contribution in [-0.4, -0.2) is 280 Å². The van der Waals surface area contributed by atoms with Crippen LogP contribution in [0.3, 0.4) is 0 Å². The van der Waals surface area contributed by atoms with Crippen molar-refractivity contribution in [2.24, 2.45) is 0 Å². The molecule has 1 aliphatic rings. The highest BCUT2D eigenvalue weighted by molar-refractivity contribution is 6.21. The predicted molar refractivity (Wildman–Crippen MR) is 323 cm³/mol. The van der Waals surface area contributed by atoms with Gasteiger partial charge in [-0.15, -0.1) is 5.10 Å². The molecule has 3 aromatic rings. The van der Waals surface area contributed by atoms with Gasteiger partial charge in [-0.1, -0.05) is 29.5 Å². The predicted octanol–water partition coefficient (Wildman–Crippen LogP) is 2.09. The first kappa shape index (κ1) is 76.6. The maximum absolute atomic E-state index is 13.5. The van der Waals surface area contributed by atoms with E-state index in [0.29, 0.717) is 188 Å². The Hall–Kier alpha value is -5.87. The second-order valence-corrected chi connectivity index (χ2v) is 20.6. The Bertz CT molecular complexity index is 2330. The van der Waals surface area contributed by atoms with E-state index in [9.17, 15) is 24.0 Å². The Labute approximate surface area is 528 Å². The number of ether oxygens (including phenoxy) is 17. The average molecular weight is 1280 g/mol. The molecule has 29 nitrogen and oxygen atoms in total. The molecule has 5 amide bonds. The SMILES string of the molecule is COCCOCCOCCOCCOCCOCCOCCOCCOCCOCCOCCNC(=O)[C@H](Cc1ccc(OCc2cn(CCNC(=O)OC(C)(C)C)nn2)cc1)NC(=O)CCOCCOCCOCCOCCN1C(=O)c2ccccc2C1=O. The summed E-state index contributed by atoms with van der Waals surface area (Å²) in [4.78, 5) is 64.8. The number of amides is 5. The number of carbonyl (C=O) groups is 5. The number of carbonyl (C=O) groups excluding carboxylic acids is 5. The zero-order chi connectivity index (χ0) is 64.4. The largest absolute Gasteiger partial charge is 0.487 e. The molecular formula is C61H97N7O22. The summed E-state index contributed by atoms with van der Waals surface area (Å²) in [7, 11) is 1.63. The zero-order valence-corrected chi connectivity index (χ0v) is 53.0. The number of alkyl carbamates (subject to hydrolysis) is 1. The van der Waals surface area contributed by atoms with E-state index < -0.39 is 17.7 Å². The third-order valence-electron chi connectivity index (χ3n) is 12.2. The molecule has 1 aliphatic heterocycles. The fourth-order valence-electron chi connectivity index (χ4n) is 7.81. The van der Waals surface area contributed by atoms with E-state index in [2.05, 4.69) is 26.3 Å². The Balaban J connectivity index is 1.01. The number of hydrogen-bond acceptors (Lipinski definition) is 24. The summed E-state index contributed by atoms with van der Waals surface area (Å²) < 4.78 is 95.1. The molecule has 90 heavy (non-hydrogen) atoms. The minimum absolute atomic E-state index is 0.00929. The monoisotopic (exact) mass is 1280 g/mol. The van der Waals surface area contributed by atoms with Crippen LogP contribution in [0.25, 0.3) is 0 Å². The van der Waals surface area contributed by atoms with Crippen molar-refractivity contribution < 1.29 is 104 Å². The van der Waals surface area contributed by atoms with E-state index in [-0.39, 0.29) is 95.8 Å². The van der Waals surface area contributed by atoms with E-state index in [1.54, 1.807) is 75.2 Å². The topological polar surface area (TPSA) is 312 Å². The van der Waals surface area contributed by atoms with Crippen molar-refractivity contribution in [3.8, 4) is 5.75 Å². The van der Waals surface area contributed by atoms with Crippen molar-refractivity contribution in [2.75, 3.05) is 218 Å². The molecule has 0 unspecified atom stereocenters. The molecule has 2 aromatic carbocycles. The Morgan fingerprint density at radius 3 is 1.37 bits per heavy atom. The molecule has 0 radical (unpaired) electrons. The van der Waals surface area contributed by atoms with E-state index in [0.717, 1.165) is 5.56 Å². The van der Waals surface area contributed by atoms with Crippen LogP contribution < -0.4 is 20.7 Å². The van der Waals surface area contributed by atoms with Gasteiger partial charge < -0.3 is 96.5 Å². The standard InChI is InChI=1S/C61H97N7O22/c1-61(2,3)90-60(73)63-14-16-67-48-51(65-66-67)49-89-52-11-9-50(10-12-52)47-55(64-56(69)13-18-75-23-26-79-31-33-81-28-25-77-20-17-68-58(71)53-7-5-6-8-54(53)59(68)72)57(70)62-15-19-76-24-27-80-32-34-83-37-38-85-41-42-87-45-46-88-44-43-86-40-39-84-36-35-82-30-29-78-22-21-74-4/h5-12,48,55H,13-47,49H2,1-4H3,(H,62,70)(H,63,73)(H,64,69)/t55-/m0/s1. The number of aromatic nitrogens is 3. The van der Waals surface area contributed by atoms with Gasteiger partial charge in [0.05, 0.1) is 222 Å². The van der Waals surface area contributed by atoms with Crippen LogP contribution in [0, 0.1) is 0 Å². The zero-order valence-electron chi connectivity index (χ0n) is 53.0. The van der Waals surface area contributed by atoms with Crippen LogP contribution >= 0.6 is 0 Å². The molecule has 508 valence electrons. The molecule has 29 heteroatoms. The molecule has 1 aromatic heterocycles. The number of benzene rings is 2. The fraction of sp³-hybridized carbons (Fsp3) is 0.689. The quantitative estimate of drug-likeness (QED) is 0.0538. The lowest BCUT2D eigenvalue weighted by Gasteiger charge is -2.19. The van der Waals surface area contributed by atoms with E-state index in [1.165, 1.54) is 4.90 Å². The molecule has 1 atom stereocenters.